The first-order chi connectivity index (χ1) is 4.30. The minimum Gasteiger partial charge on any atom is -0.390 e. The van der Waals surface area contributed by atoms with Crippen molar-refractivity contribution in [3.8, 4) is 0 Å². The van der Waals surface area contributed by atoms with Crippen LogP contribution in [0.4, 0.5) is 0 Å². The van der Waals surface area contributed by atoms with Crippen LogP contribution in [-0.2, 0) is 0 Å². The molecule has 0 amide bonds. The van der Waals surface area contributed by atoms with E-state index >= 15 is 0 Å². The van der Waals surface area contributed by atoms with E-state index in [2.05, 4.69) is 0 Å². The molecule has 0 saturated heterocycles. The normalized spacial score (nSPS) is 38.0. The van der Waals surface area contributed by atoms with Gasteiger partial charge in [0.25, 0.3) is 0 Å². The summed E-state index contributed by atoms with van der Waals surface area (Å²) in [5.41, 5.74) is 0. The van der Waals surface area contributed by atoms with E-state index in [1.165, 1.54) is 0 Å². The third-order valence-electron chi connectivity index (χ3n) is 1.94. The lowest BCUT2D eigenvalue weighted by atomic mass is 10.1. The summed E-state index contributed by atoms with van der Waals surface area (Å²) < 4.78 is 0. The molecule has 2 atom stereocenters. The highest BCUT2D eigenvalue weighted by molar-refractivity contribution is 4.70. The van der Waals surface area contributed by atoms with Gasteiger partial charge in [0.2, 0.25) is 0 Å². The third kappa shape index (κ3) is 1.95. The molecule has 1 saturated carbocycles. The Labute approximate surface area is 55.5 Å². The Morgan fingerprint density at radius 3 is 1.67 bits per heavy atom. The fourth-order valence-corrected chi connectivity index (χ4v) is 1.27. The van der Waals surface area contributed by atoms with Crippen molar-refractivity contribution < 1.29 is 10.2 Å². The second kappa shape index (κ2) is 3.18. The zero-order valence-corrected chi connectivity index (χ0v) is 5.58. The summed E-state index contributed by atoms with van der Waals surface area (Å²) in [6.45, 7) is 0. The van der Waals surface area contributed by atoms with E-state index in [1.54, 1.807) is 0 Å². The maximum Gasteiger partial charge on any atom is 0.0799 e. The van der Waals surface area contributed by atoms with Crippen LogP contribution in [0.2, 0.25) is 0 Å². The van der Waals surface area contributed by atoms with E-state index in [1.807, 2.05) is 0 Å². The molecule has 0 aromatic carbocycles. The predicted molar refractivity (Wildman–Crippen MR) is 35.1 cm³/mol. The highest BCUT2D eigenvalue weighted by atomic mass is 16.3. The molecule has 2 N–H and O–H groups in total. The van der Waals surface area contributed by atoms with Gasteiger partial charge in [-0.3, -0.25) is 0 Å². The molecule has 0 aromatic rings. The summed E-state index contributed by atoms with van der Waals surface area (Å²) in [6.07, 6.45) is 3.95. The van der Waals surface area contributed by atoms with Gasteiger partial charge >= 0.3 is 0 Å². The summed E-state index contributed by atoms with van der Waals surface area (Å²) in [6, 6.07) is 0. The largest absolute Gasteiger partial charge is 0.390 e. The minimum atomic E-state index is -0.451. The highest BCUT2D eigenvalue weighted by Gasteiger charge is 2.17. The van der Waals surface area contributed by atoms with Crippen LogP contribution >= 0.6 is 0 Å². The van der Waals surface area contributed by atoms with Gasteiger partial charge in [0.05, 0.1) is 12.2 Å². The lowest BCUT2D eigenvalue weighted by Gasteiger charge is -2.12. The maximum absolute atomic E-state index is 9.11. The zero-order chi connectivity index (χ0) is 6.69. The molecule has 1 unspecified atom stereocenters. The molecule has 9 heavy (non-hydrogen) atoms. The van der Waals surface area contributed by atoms with Crippen molar-refractivity contribution in [3.63, 3.8) is 0 Å². The fraction of sp³-hybridized carbons (Fsp3) is 1.00. The molecule has 2 heteroatoms. The van der Waals surface area contributed by atoms with Crippen molar-refractivity contribution in [3.05, 3.63) is 0 Å². The number of hydrogen-bond donors (Lipinski definition) is 2. The molecule has 0 aliphatic heterocycles. The van der Waals surface area contributed by atoms with E-state index in [0.717, 1.165) is 32.1 Å². The van der Waals surface area contributed by atoms with Crippen molar-refractivity contribution >= 4 is 0 Å². The van der Waals surface area contributed by atoms with Crippen molar-refractivity contribution in [1.29, 1.82) is 0 Å². The lowest BCUT2D eigenvalue weighted by Crippen LogP contribution is -2.23. The highest BCUT2D eigenvalue weighted by Crippen LogP contribution is 2.17. The smallest absolute Gasteiger partial charge is 0.0799 e. The molecule has 1 rings (SSSR count). The second-order valence-electron chi connectivity index (χ2n) is 2.77. The van der Waals surface area contributed by atoms with E-state index in [0.29, 0.717) is 0 Å². The number of aliphatic hydroxyl groups excluding tert-OH is 2. The first-order valence-electron chi connectivity index (χ1n) is 3.67. The quantitative estimate of drug-likeness (QED) is 0.473. The lowest BCUT2D eigenvalue weighted by molar-refractivity contribution is 0.0157. The first kappa shape index (κ1) is 7.03. The molecule has 0 heterocycles. The molecule has 0 aromatic heterocycles. The Morgan fingerprint density at radius 1 is 0.778 bits per heavy atom. The minimum absolute atomic E-state index is 0.451. The van der Waals surface area contributed by atoms with Crippen LogP contribution in [0, 0.1) is 0 Å². The predicted octanol–water partition coefficient (Wildman–Crippen LogP) is 0.672. The van der Waals surface area contributed by atoms with Gasteiger partial charge in [-0.05, 0) is 12.8 Å². The molecule has 0 radical (unpaired) electrons. The molecule has 1 aliphatic rings. The number of hydrogen-bond acceptors (Lipinski definition) is 2. The molecule has 54 valence electrons. The van der Waals surface area contributed by atoms with Crippen molar-refractivity contribution in [2.45, 2.75) is 44.3 Å². The molecule has 0 bridgehead atoms. The Bertz CT molecular complexity index is 73.0. The van der Waals surface area contributed by atoms with Gasteiger partial charge in [0.1, 0.15) is 0 Å². The van der Waals surface area contributed by atoms with Gasteiger partial charge < -0.3 is 10.2 Å². The van der Waals surface area contributed by atoms with Crippen molar-refractivity contribution in [2.24, 2.45) is 0 Å². The zero-order valence-electron chi connectivity index (χ0n) is 5.58. The van der Waals surface area contributed by atoms with Gasteiger partial charge in [-0.1, -0.05) is 19.3 Å². The molecular weight excluding hydrogens is 116 g/mol. The van der Waals surface area contributed by atoms with Gasteiger partial charge in [-0.2, -0.15) is 0 Å². The van der Waals surface area contributed by atoms with Crippen LogP contribution < -0.4 is 0 Å². The van der Waals surface area contributed by atoms with Crippen molar-refractivity contribution in [2.75, 3.05) is 0 Å². The van der Waals surface area contributed by atoms with E-state index in [-0.39, 0.29) is 0 Å². The van der Waals surface area contributed by atoms with E-state index < -0.39 is 12.2 Å². The molecular formula is C7H14O2. The second-order valence-corrected chi connectivity index (χ2v) is 2.77. The van der Waals surface area contributed by atoms with Gasteiger partial charge in [-0.25, -0.2) is 0 Å². The van der Waals surface area contributed by atoms with Crippen LogP contribution in [0.5, 0.6) is 0 Å². The van der Waals surface area contributed by atoms with Gasteiger partial charge in [-0.15, -0.1) is 0 Å². The van der Waals surface area contributed by atoms with Crippen LogP contribution in [0.1, 0.15) is 32.1 Å². The first-order valence-corrected chi connectivity index (χ1v) is 3.67. The summed E-state index contributed by atoms with van der Waals surface area (Å²) >= 11 is 0. The van der Waals surface area contributed by atoms with Crippen LogP contribution in [0.15, 0.2) is 0 Å². The summed E-state index contributed by atoms with van der Waals surface area (Å²) in [5, 5.41) is 18.2. The van der Waals surface area contributed by atoms with Crippen LogP contribution in [-0.4, -0.2) is 22.4 Å². The average molecular weight is 130 g/mol. The average Bonchev–Trinajstić information content (AvgIpc) is 1.99. The third-order valence-corrected chi connectivity index (χ3v) is 1.94. The topological polar surface area (TPSA) is 40.5 Å². The molecule has 1 fully saturated rings. The number of rotatable bonds is 0. The molecule has 2 nitrogen and oxygen atoms in total. The van der Waals surface area contributed by atoms with E-state index in [9.17, 15) is 0 Å². The van der Waals surface area contributed by atoms with Gasteiger partial charge in [0, 0.05) is 0 Å². The maximum atomic E-state index is 9.11. The summed E-state index contributed by atoms with van der Waals surface area (Å²) in [7, 11) is 0. The van der Waals surface area contributed by atoms with Crippen LogP contribution in [0.25, 0.3) is 0 Å². The van der Waals surface area contributed by atoms with E-state index in [4.69, 9.17) is 10.2 Å². The number of aliphatic hydroxyl groups is 2. The summed E-state index contributed by atoms with van der Waals surface area (Å²) in [4.78, 5) is 0. The Kier molecular flexibility index (Phi) is 2.49. The Balaban J connectivity index is 2.32. The van der Waals surface area contributed by atoms with Gasteiger partial charge in [0.15, 0.2) is 0 Å². The van der Waals surface area contributed by atoms with Crippen molar-refractivity contribution in [1.82, 2.24) is 0 Å². The Morgan fingerprint density at radius 2 is 1.22 bits per heavy atom. The SMILES string of the molecule is OC1CCCCC[C@@H]1O. The fourth-order valence-electron chi connectivity index (χ4n) is 1.27. The molecule has 1 aliphatic carbocycles. The standard InChI is InChI=1S/C7H14O2/c8-6-4-2-1-3-5-7(6)9/h6-9H,1-5H2/t6-,7?/m0/s1. The molecule has 0 spiro atoms. The van der Waals surface area contributed by atoms with Crippen LogP contribution in [0.3, 0.4) is 0 Å². The monoisotopic (exact) mass is 130 g/mol. The Hall–Kier alpha value is -0.0800. The summed E-state index contributed by atoms with van der Waals surface area (Å²) in [5.74, 6) is 0.